The van der Waals surface area contributed by atoms with Gasteiger partial charge in [0.15, 0.2) is 0 Å². The molecule has 1 aromatic carbocycles. The fourth-order valence-corrected chi connectivity index (χ4v) is 3.82. The average molecular weight is 356 g/mol. The maximum Gasteiger partial charge on any atom is 0.240 e. The topological polar surface area (TPSA) is 129 Å². The predicted molar refractivity (Wildman–Crippen MR) is 90.9 cm³/mol. The number of aliphatic hydroxyl groups excluding tert-OH is 1. The molecule has 0 aromatic heterocycles. The summed E-state index contributed by atoms with van der Waals surface area (Å²) in [5.41, 5.74) is 5.78. The quantitative estimate of drug-likeness (QED) is 0.356. The van der Waals surface area contributed by atoms with Gasteiger partial charge < -0.3 is 15.6 Å². The van der Waals surface area contributed by atoms with Crippen LogP contribution in [-0.2, 0) is 10.0 Å². The van der Waals surface area contributed by atoms with E-state index in [-0.39, 0.29) is 28.9 Å². The first-order valence-electron chi connectivity index (χ1n) is 7.84. The van der Waals surface area contributed by atoms with E-state index < -0.39 is 10.0 Å². The molecule has 0 aliphatic carbocycles. The molecule has 0 amide bonds. The van der Waals surface area contributed by atoms with Crippen LogP contribution in [0.1, 0.15) is 18.9 Å². The first kappa shape index (κ1) is 18.7. The van der Waals surface area contributed by atoms with Crippen molar-refractivity contribution in [3.05, 3.63) is 23.8 Å². The molecule has 1 aliphatic rings. The summed E-state index contributed by atoms with van der Waals surface area (Å²) in [4.78, 5) is 2.13. The van der Waals surface area contributed by atoms with Crippen LogP contribution in [0.3, 0.4) is 0 Å². The first-order chi connectivity index (χ1) is 11.4. The highest BCUT2D eigenvalue weighted by molar-refractivity contribution is 7.89. The smallest absolute Gasteiger partial charge is 0.240 e. The van der Waals surface area contributed by atoms with Gasteiger partial charge >= 0.3 is 0 Å². The Labute approximate surface area is 142 Å². The number of hydrogen-bond donors (Lipinski definition) is 4. The Balaban J connectivity index is 2.07. The van der Waals surface area contributed by atoms with E-state index in [1.807, 2.05) is 0 Å². The second-order valence-electron chi connectivity index (χ2n) is 5.66. The van der Waals surface area contributed by atoms with Crippen LogP contribution in [0.5, 0.6) is 5.75 Å². The van der Waals surface area contributed by atoms with Gasteiger partial charge in [-0.25, -0.2) is 13.1 Å². The summed E-state index contributed by atoms with van der Waals surface area (Å²) in [6, 6.07) is 4.17. The minimum Gasteiger partial charge on any atom is -0.493 e. The minimum atomic E-state index is -3.69. The molecule has 0 spiro atoms. The highest BCUT2D eigenvalue weighted by Gasteiger charge is 2.30. The van der Waals surface area contributed by atoms with Crippen molar-refractivity contribution in [2.24, 2.45) is 5.73 Å². The Hall–Kier alpha value is -1.68. The van der Waals surface area contributed by atoms with Gasteiger partial charge in [-0.3, -0.25) is 10.3 Å². The lowest BCUT2D eigenvalue weighted by Crippen LogP contribution is -2.59. The molecule has 0 atom stereocenters. The molecule has 5 N–H and O–H groups in total. The normalized spacial score (nSPS) is 15.9. The highest BCUT2D eigenvalue weighted by Crippen LogP contribution is 2.23. The van der Waals surface area contributed by atoms with E-state index >= 15 is 0 Å². The molecule has 1 aliphatic heterocycles. The van der Waals surface area contributed by atoms with Crippen LogP contribution >= 0.6 is 0 Å². The van der Waals surface area contributed by atoms with Crippen molar-refractivity contribution in [2.45, 2.75) is 24.3 Å². The van der Waals surface area contributed by atoms with E-state index in [2.05, 4.69) is 9.62 Å². The molecule has 0 radical (unpaired) electrons. The molecule has 1 aromatic rings. The number of nitrogens with zero attached hydrogens (tertiary/aromatic N) is 1. The molecule has 134 valence electrons. The van der Waals surface area contributed by atoms with Gasteiger partial charge in [0.2, 0.25) is 10.0 Å². The lowest BCUT2D eigenvalue weighted by atomic mass is 10.1. The van der Waals surface area contributed by atoms with E-state index in [4.69, 9.17) is 21.0 Å². The summed E-state index contributed by atoms with van der Waals surface area (Å²) in [6.45, 7) is 4.33. The van der Waals surface area contributed by atoms with Gasteiger partial charge in [-0.15, -0.1) is 0 Å². The zero-order valence-electron chi connectivity index (χ0n) is 13.7. The number of nitrogen functional groups attached to an aromatic ring is 1. The maximum absolute atomic E-state index is 12.5. The molecule has 1 saturated heterocycles. The number of sulfonamides is 1. The molecule has 1 fully saturated rings. The monoisotopic (exact) mass is 356 g/mol. The highest BCUT2D eigenvalue weighted by atomic mass is 32.2. The van der Waals surface area contributed by atoms with E-state index in [0.717, 1.165) is 6.54 Å². The number of hydrogen-bond acceptors (Lipinski definition) is 6. The van der Waals surface area contributed by atoms with Crippen molar-refractivity contribution in [1.82, 2.24) is 9.62 Å². The lowest BCUT2D eigenvalue weighted by Gasteiger charge is -2.39. The zero-order valence-corrected chi connectivity index (χ0v) is 14.5. The third kappa shape index (κ3) is 4.44. The van der Waals surface area contributed by atoms with Crippen LogP contribution in [0.15, 0.2) is 23.1 Å². The van der Waals surface area contributed by atoms with Crippen LogP contribution in [0.4, 0.5) is 0 Å². The number of aliphatic hydroxyl groups is 1. The van der Waals surface area contributed by atoms with Crippen molar-refractivity contribution in [3.63, 3.8) is 0 Å². The molecular formula is C15H24N4O4S. The number of nitrogens with one attached hydrogen (secondary N) is 2. The first-order valence-corrected chi connectivity index (χ1v) is 9.32. The number of rotatable bonds is 9. The minimum absolute atomic E-state index is 0.0601. The second-order valence-corrected chi connectivity index (χ2v) is 7.37. The largest absolute Gasteiger partial charge is 0.493 e. The Morgan fingerprint density at radius 2 is 2.21 bits per heavy atom. The lowest BCUT2D eigenvalue weighted by molar-refractivity contribution is 0.128. The third-order valence-electron chi connectivity index (χ3n) is 3.76. The Kier molecular flexibility index (Phi) is 6.16. The summed E-state index contributed by atoms with van der Waals surface area (Å²) < 4.78 is 33.0. The summed E-state index contributed by atoms with van der Waals surface area (Å²) >= 11 is 0. The number of benzene rings is 1. The van der Waals surface area contributed by atoms with Crippen molar-refractivity contribution in [2.75, 3.05) is 32.8 Å². The van der Waals surface area contributed by atoms with Gasteiger partial charge in [0.25, 0.3) is 0 Å². The van der Waals surface area contributed by atoms with Gasteiger partial charge in [0, 0.05) is 32.3 Å². The number of likely N-dealkylation sites (tertiary alicyclic amines) is 1. The van der Waals surface area contributed by atoms with Gasteiger partial charge in [0.05, 0.1) is 17.1 Å². The fourth-order valence-electron chi connectivity index (χ4n) is 2.58. The van der Waals surface area contributed by atoms with Crippen LogP contribution in [-0.4, -0.2) is 63.1 Å². The maximum atomic E-state index is 12.5. The molecule has 0 unspecified atom stereocenters. The van der Waals surface area contributed by atoms with Crippen molar-refractivity contribution >= 4 is 15.9 Å². The van der Waals surface area contributed by atoms with Crippen molar-refractivity contribution < 1.29 is 18.3 Å². The van der Waals surface area contributed by atoms with Gasteiger partial charge in [-0.2, -0.15) is 0 Å². The predicted octanol–water partition coefficient (Wildman–Crippen LogP) is -0.286. The van der Waals surface area contributed by atoms with Crippen LogP contribution in [0.2, 0.25) is 0 Å². The van der Waals surface area contributed by atoms with Crippen LogP contribution in [0, 0.1) is 5.41 Å². The van der Waals surface area contributed by atoms with E-state index in [9.17, 15) is 8.42 Å². The number of nitrogens with two attached hydrogens (primary N) is 1. The molecule has 0 bridgehead atoms. The Bertz CT molecular complexity index is 687. The number of amidine groups is 1. The van der Waals surface area contributed by atoms with Crippen molar-refractivity contribution in [1.29, 1.82) is 5.41 Å². The Morgan fingerprint density at radius 1 is 1.50 bits per heavy atom. The third-order valence-corrected chi connectivity index (χ3v) is 5.28. The number of ether oxygens (including phenoxy) is 1. The molecule has 24 heavy (non-hydrogen) atoms. The standard InChI is InChI=1S/C15H24N4O4S/c1-2-23-14-5-4-12(8-13(14)15(16)17)24(21,22)18-11-9-19(10-11)6-3-7-20/h4-5,8,11,18,20H,2-3,6-7,9-10H2,1H3,(H3,16,17). The van der Waals surface area contributed by atoms with Crippen LogP contribution < -0.4 is 15.2 Å². The molecule has 9 heteroatoms. The molecular weight excluding hydrogens is 332 g/mol. The van der Waals surface area contributed by atoms with E-state index in [1.165, 1.54) is 18.2 Å². The van der Waals surface area contributed by atoms with Gasteiger partial charge in [-0.1, -0.05) is 0 Å². The van der Waals surface area contributed by atoms with E-state index in [0.29, 0.717) is 31.9 Å². The van der Waals surface area contributed by atoms with E-state index in [1.54, 1.807) is 6.92 Å². The van der Waals surface area contributed by atoms with Gasteiger partial charge in [0.1, 0.15) is 11.6 Å². The van der Waals surface area contributed by atoms with Gasteiger partial charge in [-0.05, 0) is 31.5 Å². The SMILES string of the molecule is CCOc1ccc(S(=O)(=O)NC2CN(CCCO)C2)cc1C(=N)N. The Morgan fingerprint density at radius 3 is 2.79 bits per heavy atom. The second kappa shape index (κ2) is 7.93. The average Bonchev–Trinajstić information content (AvgIpc) is 2.49. The molecule has 1 heterocycles. The summed E-state index contributed by atoms with van der Waals surface area (Å²) in [5.74, 6) is 0.150. The fraction of sp³-hybridized carbons (Fsp3) is 0.533. The summed E-state index contributed by atoms with van der Waals surface area (Å²) in [5, 5.41) is 16.4. The zero-order chi connectivity index (χ0) is 17.7. The van der Waals surface area contributed by atoms with Crippen LogP contribution in [0.25, 0.3) is 0 Å². The summed E-state index contributed by atoms with van der Waals surface area (Å²) in [7, 11) is -3.69. The molecule has 0 saturated carbocycles. The molecule has 2 rings (SSSR count). The molecule has 8 nitrogen and oxygen atoms in total. The summed E-state index contributed by atoms with van der Waals surface area (Å²) in [6.07, 6.45) is 0.681. The van der Waals surface area contributed by atoms with Crippen molar-refractivity contribution in [3.8, 4) is 5.75 Å².